The van der Waals surface area contributed by atoms with Gasteiger partial charge in [-0.3, -0.25) is 18.7 Å². The zero-order chi connectivity index (χ0) is 31.9. The molecule has 1 fully saturated rings. The number of aliphatic hydroxyl groups is 1. The molecule has 1 aromatic heterocycles. The molecule has 2 aromatic rings. The van der Waals surface area contributed by atoms with Gasteiger partial charge in [-0.05, 0) is 51.4 Å². The van der Waals surface area contributed by atoms with Crippen molar-refractivity contribution < 1.29 is 37.8 Å². The highest BCUT2D eigenvalue weighted by molar-refractivity contribution is 7.52. The van der Waals surface area contributed by atoms with Crippen LogP contribution in [0.4, 0.5) is 5.82 Å². The second kappa shape index (κ2) is 14.1. The number of azide groups is 1. The molecular formula is C26H36N7O9P. The zero-order valence-electron chi connectivity index (χ0n) is 24.6. The second-order valence-corrected chi connectivity index (χ2v) is 12.3. The number of aromatic nitrogens is 2. The largest absolute Gasteiger partial charge is 0.462 e. The van der Waals surface area contributed by atoms with Crippen molar-refractivity contribution in [3.8, 4) is 5.75 Å². The van der Waals surface area contributed by atoms with Crippen LogP contribution in [0, 0.1) is 5.92 Å². The minimum atomic E-state index is -4.33. The topological polar surface area (TPSA) is 216 Å². The van der Waals surface area contributed by atoms with Crippen LogP contribution in [-0.2, 0) is 28.2 Å². The third-order valence-corrected chi connectivity index (χ3v) is 7.95. The van der Waals surface area contributed by atoms with E-state index in [9.17, 15) is 29.6 Å². The lowest BCUT2D eigenvalue weighted by Crippen LogP contribution is -2.45. The van der Waals surface area contributed by atoms with Crippen LogP contribution in [0.3, 0.4) is 0 Å². The Kier molecular flexibility index (Phi) is 11.1. The van der Waals surface area contributed by atoms with E-state index in [1.165, 1.54) is 38.2 Å². The molecule has 3 N–H and O–H groups in total. The Hall–Kier alpha value is -3.78. The fourth-order valence-corrected chi connectivity index (χ4v) is 5.52. The summed E-state index contributed by atoms with van der Waals surface area (Å²) in [6, 6.07) is 8.28. The predicted octanol–water partition coefficient (Wildman–Crippen LogP) is 3.30. The summed E-state index contributed by atoms with van der Waals surface area (Å²) < 4.78 is 37.1. The molecule has 0 aliphatic carbocycles. The number of carbonyl (C=O) groups is 2. The first-order valence-corrected chi connectivity index (χ1v) is 15.0. The van der Waals surface area contributed by atoms with Gasteiger partial charge in [0.25, 0.3) is 0 Å². The van der Waals surface area contributed by atoms with E-state index >= 15 is 0 Å². The average Bonchev–Trinajstić information content (AvgIpc) is 3.17. The highest BCUT2D eigenvalue weighted by Crippen LogP contribution is 2.47. The van der Waals surface area contributed by atoms with Gasteiger partial charge in [0.15, 0.2) is 6.23 Å². The van der Waals surface area contributed by atoms with Gasteiger partial charge in [-0.1, -0.05) is 37.2 Å². The molecule has 0 spiro atoms. The number of benzene rings is 1. The summed E-state index contributed by atoms with van der Waals surface area (Å²) in [5.41, 5.74) is 6.64. The second-order valence-electron chi connectivity index (χ2n) is 10.6. The van der Waals surface area contributed by atoms with Gasteiger partial charge in [-0.2, -0.15) is 10.1 Å². The molecule has 17 heteroatoms. The molecule has 1 amide bonds. The summed E-state index contributed by atoms with van der Waals surface area (Å²) in [7, 11) is -4.33. The van der Waals surface area contributed by atoms with Crippen LogP contribution < -0.4 is 20.6 Å². The Bertz CT molecular complexity index is 1450. The van der Waals surface area contributed by atoms with Crippen LogP contribution in [0.25, 0.3) is 10.4 Å². The summed E-state index contributed by atoms with van der Waals surface area (Å²) >= 11 is 0. The third kappa shape index (κ3) is 8.41. The quantitative estimate of drug-likeness (QED) is 0.0969. The lowest BCUT2D eigenvalue weighted by Gasteiger charge is -2.28. The van der Waals surface area contributed by atoms with Crippen LogP contribution in [0.15, 0.2) is 52.5 Å². The predicted molar refractivity (Wildman–Crippen MR) is 154 cm³/mol. The molecule has 16 nitrogen and oxygen atoms in total. The van der Waals surface area contributed by atoms with Crippen LogP contribution >= 0.6 is 7.75 Å². The third-order valence-electron chi connectivity index (χ3n) is 6.31. The van der Waals surface area contributed by atoms with Crippen LogP contribution in [0.5, 0.6) is 5.75 Å². The Morgan fingerprint density at radius 3 is 2.49 bits per heavy atom. The van der Waals surface area contributed by atoms with Crippen LogP contribution in [-0.4, -0.2) is 63.0 Å². The van der Waals surface area contributed by atoms with Crippen LogP contribution in [0.1, 0.15) is 47.8 Å². The van der Waals surface area contributed by atoms with E-state index < -0.39 is 62.1 Å². The van der Waals surface area contributed by atoms with Crippen molar-refractivity contribution in [1.82, 2.24) is 14.6 Å². The SMILES string of the molecule is CC(C)OC(=O)[C@H](C)NP(=O)(OC[C@H]1O[C@@H](n2ccc(NC(=O)C(C)C)nc2=O)[C@](C)(N=[N+]=[N-])[C@@H]1O)Oc1ccccc1. The van der Waals surface area contributed by atoms with Crippen molar-refractivity contribution in [2.45, 2.75) is 77.7 Å². The van der Waals surface area contributed by atoms with E-state index in [2.05, 4.69) is 25.4 Å². The highest BCUT2D eigenvalue weighted by Gasteiger charge is 2.55. The molecule has 6 atom stereocenters. The molecule has 43 heavy (non-hydrogen) atoms. The summed E-state index contributed by atoms with van der Waals surface area (Å²) in [6.45, 7) is 8.87. The van der Waals surface area contributed by atoms with Gasteiger partial charge >= 0.3 is 19.4 Å². The van der Waals surface area contributed by atoms with Crippen molar-refractivity contribution >= 4 is 25.4 Å². The minimum absolute atomic E-state index is 0.000877. The van der Waals surface area contributed by atoms with Gasteiger partial charge in [0.05, 0.1) is 18.8 Å². The Balaban J connectivity index is 1.86. The maximum atomic E-state index is 13.8. The monoisotopic (exact) mass is 621 g/mol. The number of anilines is 1. The average molecular weight is 622 g/mol. The lowest BCUT2D eigenvalue weighted by atomic mass is 9.93. The number of carbonyl (C=O) groups excluding carboxylic acids is 2. The maximum absolute atomic E-state index is 13.8. The number of nitrogens with one attached hydrogen (secondary N) is 2. The summed E-state index contributed by atoms with van der Waals surface area (Å²) in [5, 5.41) is 19.9. The van der Waals surface area contributed by atoms with Crippen molar-refractivity contribution in [3.63, 3.8) is 0 Å². The number of amides is 1. The molecule has 234 valence electrons. The smallest absolute Gasteiger partial charge is 0.459 e. The normalized spacial score (nSPS) is 23.7. The number of ether oxygens (including phenoxy) is 2. The van der Waals surface area contributed by atoms with Crippen molar-refractivity contribution in [2.24, 2.45) is 11.0 Å². The molecule has 1 aliphatic heterocycles. The van der Waals surface area contributed by atoms with Crippen molar-refractivity contribution in [3.05, 3.63) is 63.5 Å². The number of nitrogens with zero attached hydrogens (tertiary/aromatic N) is 5. The van der Waals surface area contributed by atoms with Gasteiger partial charge in [0, 0.05) is 17.0 Å². The van der Waals surface area contributed by atoms with E-state index in [4.69, 9.17) is 18.5 Å². The van der Waals surface area contributed by atoms with Gasteiger partial charge in [-0.15, -0.1) is 0 Å². The van der Waals surface area contributed by atoms with E-state index in [-0.39, 0.29) is 23.4 Å². The molecule has 0 radical (unpaired) electrons. The molecule has 2 heterocycles. The van der Waals surface area contributed by atoms with Crippen molar-refractivity contribution in [2.75, 3.05) is 11.9 Å². The molecule has 0 bridgehead atoms. The van der Waals surface area contributed by atoms with Gasteiger partial charge in [-0.25, -0.2) is 9.36 Å². The van der Waals surface area contributed by atoms with Gasteiger partial charge in [0.2, 0.25) is 5.91 Å². The number of hydrogen-bond donors (Lipinski definition) is 3. The first-order chi connectivity index (χ1) is 20.2. The van der Waals surface area contributed by atoms with E-state index in [0.29, 0.717) is 0 Å². The highest BCUT2D eigenvalue weighted by atomic mass is 31.2. The van der Waals surface area contributed by atoms with E-state index in [1.807, 2.05) is 0 Å². The fourth-order valence-electron chi connectivity index (χ4n) is 4.02. The molecule has 1 saturated heterocycles. The first kappa shape index (κ1) is 33.7. The summed E-state index contributed by atoms with van der Waals surface area (Å²) in [4.78, 5) is 44.0. The minimum Gasteiger partial charge on any atom is -0.462 e. The fraction of sp³-hybridized carbons (Fsp3) is 0.538. The maximum Gasteiger partial charge on any atom is 0.459 e. The number of aliphatic hydroxyl groups excluding tert-OH is 1. The molecule has 3 rings (SSSR count). The molecule has 1 aliphatic rings. The number of hydrogen-bond acceptors (Lipinski definition) is 11. The Morgan fingerprint density at radius 1 is 1.23 bits per heavy atom. The number of esters is 1. The zero-order valence-corrected chi connectivity index (χ0v) is 25.5. The standard InChI is InChI=1S/C26H36N7O9P/c1-15(2)22(35)28-20-12-13-33(25(37)29-20)24-26(6,31-32-27)21(34)19(41-24)14-39-43(38,42-18-10-8-7-9-11-18)30-17(5)23(36)40-16(3)4/h7-13,15-17,19,21,24,34H,14H2,1-6H3,(H,30,38)(H,28,29,35,37)/t17-,19+,21+,24+,26+,43?/m0/s1. The Morgan fingerprint density at radius 2 is 1.91 bits per heavy atom. The van der Waals surface area contributed by atoms with Crippen molar-refractivity contribution in [1.29, 1.82) is 0 Å². The molecular weight excluding hydrogens is 585 g/mol. The first-order valence-electron chi connectivity index (χ1n) is 13.5. The van der Waals surface area contributed by atoms with Gasteiger partial charge in [0.1, 0.15) is 29.3 Å². The van der Waals surface area contributed by atoms with Crippen LogP contribution in [0.2, 0.25) is 0 Å². The Labute approximate surface area is 247 Å². The number of rotatable bonds is 13. The lowest BCUT2D eigenvalue weighted by molar-refractivity contribution is -0.149. The molecule has 0 saturated carbocycles. The van der Waals surface area contributed by atoms with E-state index in [0.717, 1.165) is 4.57 Å². The molecule has 1 unspecified atom stereocenters. The summed E-state index contributed by atoms with van der Waals surface area (Å²) in [5.74, 6) is -1.25. The summed E-state index contributed by atoms with van der Waals surface area (Å²) in [6.07, 6.45) is -3.38. The van der Waals surface area contributed by atoms with E-state index in [1.54, 1.807) is 45.9 Å². The molecule has 1 aromatic carbocycles. The van der Waals surface area contributed by atoms with Gasteiger partial charge < -0.3 is 24.4 Å². The number of para-hydroxylation sites is 1.